The molecule has 3 unspecified atom stereocenters. The molecular formula is C19H28N4O3. The van der Waals surface area contributed by atoms with Gasteiger partial charge in [0.2, 0.25) is 5.91 Å². The Bertz CT molecular complexity index is 679. The standard InChI is InChI=1S/C19H28N4O3/c1-19(2,12-3-4-15-16(9-12)26-8-7-25-15)11-21-18(24)17-13-10-20-6-5-14(13)22-23-17/h3-4,9,13-14,17,20,22-23H,5-8,10-11H2,1-2H3,(H,21,24). The molecule has 7 nitrogen and oxygen atoms in total. The fourth-order valence-corrected chi connectivity index (χ4v) is 3.96. The number of piperidine rings is 1. The molecule has 3 aliphatic heterocycles. The first-order valence-electron chi connectivity index (χ1n) is 9.44. The first kappa shape index (κ1) is 17.6. The third-order valence-corrected chi connectivity index (χ3v) is 5.69. The van der Waals surface area contributed by atoms with E-state index in [0.29, 0.717) is 31.7 Å². The highest BCUT2D eigenvalue weighted by Crippen LogP contribution is 2.35. The smallest absolute Gasteiger partial charge is 0.238 e. The van der Waals surface area contributed by atoms with Crippen molar-refractivity contribution in [2.75, 3.05) is 32.8 Å². The van der Waals surface area contributed by atoms with Gasteiger partial charge in [-0.15, -0.1) is 0 Å². The monoisotopic (exact) mass is 360 g/mol. The zero-order chi connectivity index (χ0) is 18.1. The van der Waals surface area contributed by atoms with Crippen LogP contribution in [0, 0.1) is 5.92 Å². The van der Waals surface area contributed by atoms with Gasteiger partial charge in [0.05, 0.1) is 0 Å². The van der Waals surface area contributed by atoms with Crippen molar-refractivity contribution < 1.29 is 14.3 Å². The first-order chi connectivity index (χ1) is 12.5. The van der Waals surface area contributed by atoms with Crippen LogP contribution < -0.4 is 31.0 Å². The number of rotatable bonds is 4. The molecule has 0 radical (unpaired) electrons. The molecule has 142 valence electrons. The molecule has 1 aromatic carbocycles. The van der Waals surface area contributed by atoms with Gasteiger partial charge in [0.25, 0.3) is 0 Å². The van der Waals surface area contributed by atoms with Crippen LogP contribution >= 0.6 is 0 Å². The molecule has 0 aromatic heterocycles. The maximum atomic E-state index is 12.7. The molecule has 2 saturated heterocycles. The van der Waals surface area contributed by atoms with Crippen LogP contribution in [-0.2, 0) is 10.2 Å². The molecular weight excluding hydrogens is 332 g/mol. The lowest BCUT2D eigenvalue weighted by atomic mass is 9.84. The van der Waals surface area contributed by atoms with Gasteiger partial charge in [0, 0.05) is 30.5 Å². The number of hydrogen-bond donors (Lipinski definition) is 4. The van der Waals surface area contributed by atoms with E-state index in [2.05, 4.69) is 41.4 Å². The van der Waals surface area contributed by atoms with Gasteiger partial charge < -0.3 is 20.1 Å². The third-order valence-electron chi connectivity index (χ3n) is 5.69. The Kier molecular flexibility index (Phi) is 4.77. The fourth-order valence-electron chi connectivity index (χ4n) is 3.96. The van der Waals surface area contributed by atoms with E-state index in [-0.39, 0.29) is 17.4 Å². The summed E-state index contributed by atoms with van der Waals surface area (Å²) >= 11 is 0. The Hall–Kier alpha value is -1.83. The van der Waals surface area contributed by atoms with Gasteiger partial charge in [-0.1, -0.05) is 19.9 Å². The van der Waals surface area contributed by atoms with E-state index in [0.717, 1.165) is 36.6 Å². The Labute approximate surface area is 154 Å². The van der Waals surface area contributed by atoms with Gasteiger partial charge >= 0.3 is 0 Å². The minimum Gasteiger partial charge on any atom is -0.486 e. The van der Waals surface area contributed by atoms with Gasteiger partial charge in [-0.2, -0.15) is 0 Å². The number of amides is 1. The second-order valence-corrected chi connectivity index (χ2v) is 7.99. The highest BCUT2D eigenvalue weighted by Gasteiger charge is 2.41. The van der Waals surface area contributed by atoms with Crippen molar-refractivity contribution >= 4 is 5.91 Å². The lowest BCUT2D eigenvalue weighted by Crippen LogP contribution is -2.51. The minimum atomic E-state index is -0.207. The average Bonchev–Trinajstić information content (AvgIpc) is 3.10. The van der Waals surface area contributed by atoms with Crippen molar-refractivity contribution in [1.29, 1.82) is 0 Å². The maximum Gasteiger partial charge on any atom is 0.238 e. The topological polar surface area (TPSA) is 83.7 Å². The molecule has 26 heavy (non-hydrogen) atoms. The number of hydrogen-bond acceptors (Lipinski definition) is 6. The van der Waals surface area contributed by atoms with Gasteiger partial charge in [0.1, 0.15) is 19.3 Å². The van der Waals surface area contributed by atoms with Crippen LogP contribution in [0.1, 0.15) is 25.8 Å². The molecule has 2 fully saturated rings. The van der Waals surface area contributed by atoms with E-state index in [1.807, 2.05) is 12.1 Å². The molecule has 0 saturated carbocycles. The normalized spacial score (nSPS) is 27.7. The number of carbonyl (C=O) groups is 1. The zero-order valence-corrected chi connectivity index (χ0v) is 15.4. The summed E-state index contributed by atoms with van der Waals surface area (Å²) in [7, 11) is 0. The van der Waals surface area contributed by atoms with Crippen LogP contribution in [0.4, 0.5) is 0 Å². The second-order valence-electron chi connectivity index (χ2n) is 7.99. The number of hydrazine groups is 1. The average molecular weight is 360 g/mol. The molecule has 3 heterocycles. The Balaban J connectivity index is 1.39. The largest absolute Gasteiger partial charge is 0.486 e. The predicted molar refractivity (Wildman–Crippen MR) is 98.3 cm³/mol. The Morgan fingerprint density at radius 3 is 2.88 bits per heavy atom. The molecule has 3 aliphatic rings. The van der Waals surface area contributed by atoms with Crippen molar-refractivity contribution in [1.82, 2.24) is 21.5 Å². The number of nitrogens with one attached hydrogen (secondary N) is 4. The Morgan fingerprint density at radius 2 is 2.04 bits per heavy atom. The molecule has 0 aliphatic carbocycles. The summed E-state index contributed by atoms with van der Waals surface area (Å²) in [6, 6.07) is 6.21. The van der Waals surface area contributed by atoms with Crippen LogP contribution in [0.15, 0.2) is 18.2 Å². The first-order valence-corrected chi connectivity index (χ1v) is 9.44. The number of fused-ring (bicyclic) bond motifs is 2. The summed E-state index contributed by atoms with van der Waals surface area (Å²) < 4.78 is 11.3. The van der Waals surface area contributed by atoms with Crippen molar-refractivity contribution in [3.63, 3.8) is 0 Å². The molecule has 4 N–H and O–H groups in total. The molecule has 0 bridgehead atoms. The lowest BCUT2D eigenvalue weighted by Gasteiger charge is -2.30. The van der Waals surface area contributed by atoms with Gasteiger partial charge in [-0.3, -0.25) is 10.2 Å². The van der Waals surface area contributed by atoms with E-state index in [1.54, 1.807) is 0 Å². The third kappa shape index (κ3) is 3.39. The van der Waals surface area contributed by atoms with Gasteiger partial charge in [-0.25, -0.2) is 5.43 Å². The predicted octanol–water partition coefficient (Wildman–Crippen LogP) is 0.306. The van der Waals surface area contributed by atoms with Crippen LogP contribution in [0.2, 0.25) is 0 Å². The van der Waals surface area contributed by atoms with Crippen molar-refractivity contribution in [2.24, 2.45) is 5.92 Å². The van der Waals surface area contributed by atoms with E-state index in [1.165, 1.54) is 0 Å². The van der Waals surface area contributed by atoms with E-state index < -0.39 is 0 Å². The van der Waals surface area contributed by atoms with Crippen LogP contribution in [0.3, 0.4) is 0 Å². The van der Waals surface area contributed by atoms with Crippen molar-refractivity contribution in [3.8, 4) is 11.5 Å². The molecule has 3 atom stereocenters. The Morgan fingerprint density at radius 1 is 1.23 bits per heavy atom. The molecule has 7 heteroatoms. The molecule has 1 aromatic rings. The zero-order valence-electron chi connectivity index (χ0n) is 15.4. The summed E-state index contributed by atoms with van der Waals surface area (Å²) in [5, 5.41) is 6.52. The number of benzene rings is 1. The van der Waals surface area contributed by atoms with Crippen molar-refractivity contribution in [2.45, 2.75) is 37.8 Å². The number of carbonyl (C=O) groups excluding carboxylic acids is 1. The molecule has 1 amide bonds. The lowest BCUT2D eigenvalue weighted by molar-refractivity contribution is -0.124. The van der Waals surface area contributed by atoms with Crippen LogP contribution in [0.25, 0.3) is 0 Å². The quantitative estimate of drug-likeness (QED) is 0.619. The fraction of sp³-hybridized carbons (Fsp3) is 0.632. The van der Waals surface area contributed by atoms with Gasteiger partial charge in [0.15, 0.2) is 11.5 Å². The maximum absolute atomic E-state index is 12.7. The summed E-state index contributed by atoms with van der Waals surface area (Å²) in [6.07, 6.45) is 1.05. The minimum absolute atomic E-state index is 0.0549. The highest BCUT2D eigenvalue weighted by atomic mass is 16.6. The van der Waals surface area contributed by atoms with E-state index >= 15 is 0 Å². The van der Waals surface area contributed by atoms with E-state index in [9.17, 15) is 4.79 Å². The molecule has 4 rings (SSSR count). The van der Waals surface area contributed by atoms with Crippen molar-refractivity contribution in [3.05, 3.63) is 23.8 Å². The van der Waals surface area contributed by atoms with Crippen LogP contribution in [-0.4, -0.2) is 50.8 Å². The van der Waals surface area contributed by atoms with Gasteiger partial charge in [-0.05, 0) is 30.7 Å². The number of ether oxygens (including phenoxy) is 2. The van der Waals surface area contributed by atoms with Crippen LogP contribution in [0.5, 0.6) is 11.5 Å². The summed E-state index contributed by atoms with van der Waals surface area (Å²) in [5.74, 6) is 1.92. The summed E-state index contributed by atoms with van der Waals surface area (Å²) in [6.45, 7) is 7.86. The second kappa shape index (κ2) is 7.06. The summed E-state index contributed by atoms with van der Waals surface area (Å²) in [4.78, 5) is 12.7. The SMILES string of the molecule is CC(C)(CNC(=O)C1NNC2CCNCC21)c1ccc2c(c1)OCCO2. The summed E-state index contributed by atoms with van der Waals surface area (Å²) in [5.41, 5.74) is 7.36. The molecule has 0 spiro atoms. The van der Waals surface area contributed by atoms with E-state index in [4.69, 9.17) is 9.47 Å². The highest BCUT2D eigenvalue weighted by molar-refractivity contribution is 5.82.